The largest absolute Gasteiger partial charge is 0.383 e. The second-order valence-electron chi connectivity index (χ2n) is 3.32. The lowest BCUT2D eigenvalue weighted by Crippen LogP contribution is -2.24. The van der Waals surface area contributed by atoms with Crippen LogP contribution in [-0.4, -0.2) is 10.9 Å². The Bertz CT molecular complexity index is 350. The van der Waals surface area contributed by atoms with Crippen LogP contribution < -0.4 is 5.73 Å². The molecular weight excluding hydrogens is 198 g/mol. The molecule has 4 heteroatoms. The van der Waals surface area contributed by atoms with Crippen molar-refractivity contribution in [3.63, 3.8) is 0 Å². The Morgan fingerprint density at radius 3 is 2.80 bits per heavy atom. The first kappa shape index (κ1) is 11.6. The quantitative estimate of drug-likeness (QED) is 0.779. The van der Waals surface area contributed by atoms with Gasteiger partial charge in [-0.2, -0.15) is 0 Å². The lowest BCUT2D eigenvalue weighted by Gasteiger charge is -2.23. The maximum atomic E-state index is 13.5. The molecule has 2 nitrogen and oxygen atoms in total. The topological polar surface area (TPSA) is 38.9 Å². The molecule has 1 atom stereocenters. The van der Waals surface area contributed by atoms with Crippen LogP contribution in [0.25, 0.3) is 0 Å². The van der Waals surface area contributed by atoms with Gasteiger partial charge in [0.1, 0.15) is 5.82 Å². The number of pyridine rings is 1. The van der Waals surface area contributed by atoms with Gasteiger partial charge in [0.25, 0.3) is 5.92 Å². The molecule has 0 amide bonds. The second kappa shape index (κ2) is 4.38. The van der Waals surface area contributed by atoms with E-state index in [-0.39, 0.29) is 12.2 Å². The van der Waals surface area contributed by atoms with Gasteiger partial charge in [0, 0.05) is 11.8 Å². The molecule has 0 radical (unpaired) electrons. The first-order chi connectivity index (χ1) is 7.03. The summed E-state index contributed by atoms with van der Waals surface area (Å²) >= 11 is 0. The van der Waals surface area contributed by atoms with Gasteiger partial charge in [-0.1, -0.05) is 19.6 Å². The molecule has 1 heterocycles. The second-order valence-corrected chi connectivity index (χ2v) is 3.32. The lowest BCUT2D eigenvalue weighted by molar-refractivity contribution is 0.0229. The van der Waals surface area contributed by atoms with Crippen molar-refractivity contribution in [2.45, 2.75) is 25.2 Å². The van der Waals surface area contributed by atoms with Gasteiger partial charge < -0.3 is 5.73 Å². The summed E-state index contributed by atoms with van der Waals surface area (Å²) in [6.45, 7) is 4.83. The third-order valence-electron chi connectivity index (χ3n) is 2.39. The number of halogens is 2. The summed E-state index contributed by atoms with van der Waals surface area (Å²) < 4.78 is 27.0. The van der Waals surface area contributed by atoms with Crippen molar-refractivity contribution >= 4 is 5.82 Å². The average Bonchev–Trinajstić information content (AvgIpc) is 2.21. The standard InChI is InChI=1S/C11H14F2N2/c1-3-9(11(12,13)4-2)8-6-5-7-15-10(8)14/h4-7,9H,2-3H2,1H3,(H2,14,15). The summed E-state index contributed by atoms with van der Waals surface area (Å²) in [6.07, 6.45) is 2.43. The van der Waals surface area contributed by atoms with E-state index in [1.807, 2.05) is 0 Å². The number of allylic oxidation sites excluding steroid dienone is 1. The minimum Gasteiger partial charge on any atom is -0.383 e. The Kier molecular flexibility index (Phi) is 3.39. The van der Waals surface area contributed by atoms with Crippen LogP contribution in [0.5, 0.6) is 0 Å². The fourth-order valence-corrected chi connectivity index (χ4v) is 1.57. The van der Waals surface area contributed by atoms with E-state index in [0.717, 1.165) is 0 Å². The van der Waals surface area contributed by atoms with Crippen molar-refractivity contribution in [1.29, 1.82) is 0 Å². The van der Waals surface area contributed by atoms with E-state index in [1.165, 1.54) is 6.20 Å². The molecule has 0 aromatic carbocycles. The lowest BCUT2D eigenvalue weighted by atomic mass is 9.90. The number of nitrogens with zero attached hydrogens (tertiary/aromatic N) is 1. The minimum atomic E-state index is -2.95. The Morgan fingerprint density at radius 1 is 1.67 bits per heavy atom. The number of anilines is 1. The number of hydrogen-bond acceptors (Lipinski definition) is 2. The van der Waals surface area contributed by atoms with Crippen LogP contribution in [0.3, 0.4) is 0 Å². The maximum absolute atomic E-state index is 13.5. The van der Waals surface area contributed by atoms with E-state index in [9.17, 15) is 8.78 Å². The van der Waals surface area contributed by atoms with Crippen molar-refractivity contribution in [2.75, 3.05) is 5.73 Å². The van der Waals surface area contributed by atoms with Crippen molar-refractivity contribution in [3.05, 3.63) is 36.5 Å². The van der Waals surface area contributed by atoms with Gasteiger partial charge in [0.2, 0.25) is 0 Å². The normalized spacial score (nSPS) is 13.5. The maximum Gasteiger partial charge on any atom is 0.273 e. The van der Waals surface area contributed by atoms with E-state index in [4.69, 9.17) is 5.73 Å². The third kappa shape index (κ3) is 2.32. The van der Waals surface area contributed by atoms with Crippen LogP contribution in [0.4, 0.5) is 14.6 Å². The Labute approximate surface area is 87.8 Å². The highest BCUT2D eigenvalue weighted by Gasteiger charge is 2.37. The molecule has 0 fully saturated rings. The molecule has 0 saturated carbocycles. The molecule has 1 unspecified atom stereocenters. The molecule has 82 valence electrons. The van der Waals surface area contributed by atoms with Crippen LogP contribution in [0.2, 0.25) is 0 Å². The third-order valence-corrected chi connectivity index (χ3v) is 2.39. The van der Waals surface area contributed by atoms with E-state index >= 15 is 0 Å². The molecule has 0 aliphatic carbocycles. The SMILES string of the molecule is C=CC(F)(F)C(CC)c1cccnc1N. The van der Waals surface area contributed by atoms with E-state index < -0.39 is 11.8 Å². The zero-order valence-electron chi connectivity index (χ0n) is 8.58. The van der Waals surface area contributed by atoms with Crippen LogP contribution >= 0.6 is 0 Å². The van der Waals surface area contributed by atoms with Gasteiger partial charge in [0.15, 0.2) is 0 Å². The summed E-state index contributed by atoms with van der Waals surface area (Å²) in [6, 6.07) is 3.18. The molecule has 0 bridgehead atoms. The van der Waals surface area contributed by atoms with Gasteiger partial charge >= 0.3 is 0 Å². The van der Waals surface area contributed by atoms with Gasteiger partial charge in [-0.15, -0.1) is 0 Å². The fraction of sp³-hybridized carbons (Fsp3) is 0.364. The average molecular weight is 212 g/mol. The van der Waals surface area contributed by atoms with Crippen LogP contribution in [-0.2, 0) is 0 Å². The molecule has 1 aromatic rings. The molecule has 15 heavy (non-hydrogen) atoms. The summed E-state index contributed by atoms with van der Waals surface area (Å²) in [5.74, 6) is -3.75. The summed E-state index contributed by atoms with van der Waals surface area (Å²) in [5, 5.41) is 0. The molecule has 0 saturated heterocycles. The molecule has 2 N–H and O–H groups in total. The van der Waals surface area contributed by atoms with Crippen molar-refractivity contribution in [3.8, 4) is 0 Å². The molecule has 0 aliphatic heterocycles. The summed E-state index contributed by atoms with van der Waals surface area (Å²) in [4.78, 5) is 3.81. The van der Waals surface area contributed by atoms with E-state index in [0.29, 0.717) is 11.6 Å². The number of nitrogens with two attached hydrogens (primary N) is 1. The summed E-state index contributed by atoms with van der Waals surface area (Å²) in [7, 11) is 0. The number of aromatic nitrogens is 1. The predicted octanol–water partition coefficient (Wildman–Crippen LogP) is 2.98. The molecular formula is C11H14F2N2. The highest BCUT2D eigenvalue weighted by Crippen LogP contribution is 2.38. The first-order valence-corrected chi connectivity index (χ1v) is 4.74. The van der Waals surface area contributed by atoms with E-state index in [1.54, 1.807) is 19.1 Å². The molecule has 0 spiro atoms. The van der Waals surface area contributed by atoms with Crippen LogP contribution in [0, 0.1) is 0 Å². The number of alkyl halides is 2. The van der Waals surface area contributed by atoms with Gasteiger partial charge in [-0.3, -0.25) is 0 Å². The number of rotatable bonds is 4. The Hall–Kier alpha value is -1.45. The van der Waals surface area contributed by atoms with Crippen molar-refractivity contribution < 1.29 is 8.78 Å². The molecule has 0 aliphatic rings. The monoisotopic (exact) mass is 212 g/mol. The smallest absolute Gasteiger partial charge is 0.273 e. The fourth-order valence-electron chi connectivity index (χ4n) is 1.57. The highest BCUT2D eigenvalue weighted by molar-refractivity contribution is 5.42. The van der Waals surface area contributed by atoms with Gasteiger partial charge in [0.05, 0.1) is 5.92 Å². The Balaban J connectivity index is 3.13. The number of hydrogen-bond donors (Lipinski definition) is 1. The highest BCUT2D eigenvalue weighted by atomic mass is 19.3. The zero-order chi connectivity index (χ0) is 11.5. The van der Waals surface area contributed by atoms with E-state index in [2.05, 4.69) is 11.6 Å². The van der Waals surface area contributed by atoms with Crippen LogP contribution in [0.1, 0.15) is 24.8 Å². The summed E-state index contributed by atoms with van der Waals surface area (Å²) in [5.41, 5.74) is 5.95. The van der Waals surface area contributed by atoms with Crippen molar-refractivity contribution in [2.24, 2.45) is 0 Å². The van der Waals surface area contributed by atoms with Crippen LogP contribution in [0.15, 0.2) is 31.0 Å². The molecule has 1 aromatic heterocycles. The zero-order valence-corrected chi connectivity index (χ0v) is 8.58. The van der Waals surface area contributed by atoms with Gasteiger partial charge in [-0.05, 0) is 18.6 Å². The molecule has 1 rings (SSSR count). The van der Waals surface area contributed by atoms with Gasteiger partial charge in [-0.25, -0.2) is 13.8 Å². The first-order valence-electron chi connectivity index (χ1n) is 4.74. The predicted molar refractivity (Wildman–Crippen MR) is 56.8 cm³/mol. The number of nitrogen functional groups attached to an aromatic ring is 1. The van der Waals surface area contributed by atoms with Crippen molar-refractivity contribution in [1.82, 2.24) is 4.98 Å². The minimum absolute atomic E-state index is 0.158. The Morgan fingerprint density at radius 2 is 2.33 bits per heavy atom.